The summed E-state index contributed by atoms with van der Waals surface area (Å²) >= 11 is 0. The number of benzene rings is 2. The third-order valence-electron chi connectivity index (χ3n) is 4.65. The molecular formula is C22H27NO5. The van der Waals surface area contributed by atoms with Crippen LogP contribution in [0.5, 0.6) is 11.5 Å². The minimum absolute atomic E-state index is 0.0939. The van der Waals surface area contributed by atoms with Gasteiger partial charge in [-0.25, -0.2) is 0 Å². The number of rotatable bonds is 9. The average Bonchev–Trinajstić information content (AvgIpc) is 2.73. The molecule has 2 rings (SSSR count). The first-order chi connectivity index (χ1) is 13.5. The van der Waals surface area contributed by atoms with Gasteiger partial charge < -0.3 is 19.5 Å². The van der Waals surface area contributed by atoms with Crippen LogP contribution in [0.1, 0.15) is 31.7 Å². The lowest BCUT2D eigenvalue weighted by atomic mass is 9.86. The topological polar surface area (TPSA) is 73.9 Å². The fourth-order valence-electron chi connectivity index (χ4n) is 2.92. The van der Waals surface area contributed by atoms with Crippen molar-refractivity contribution in [2.45, 2.75) is 26.2 Å². The van der Waals surface area contributed by atoms with Crippen molar-refractivity contribution in [2.24, 2.45) is 5.92 Å². The van der Waals surface area contributed by atoms with Crippen molar-refractivity contribution in [3.8, 4) is 11.5 Å². The summed E-state index contributed by atoms with van der Waals surface area (Å²) in [5.74, 6) is -0.109. The molecule has 0 saturated carbocycles. The predicted octanol–water partition coefficient (Wildman–Crippen LogP) is 4.02. The lowest BCUT2D eigenvalue weighted by Crippen LogP contribution is -2.27. The Morgan fingerprint density at radius 1 is 1.04 bits per heavy atom. The Labute approximate surface area is 165 Å². The molecule has 0 radical (unpaired) electrons. The highest BCUT2D eigenvalue weighted by atomic mass is 16.5. The highest BCUT2D eigenvalue weighted by Gasteiger charge is 2.27. The third-order valence-corrected chi connectivity index (χ3v) is 4.65. The molecule has 1 amide bonds. The molecule has 2 aromatic rings. The average molecular weight is 385 g/mol. The molecule has 0 aliphatic carbocycles. The Kier molecular flexibility index (Phi) is 7.87. The second-order valence-electron chi connectivity index (χ2n) is 6.50. The van der Waals surface area contributed by atoms with Crippen molar-refractivity contribution < 1.29 is 23.8 Å². The van der Waals surface area contributed by atoms with Gasteiger partial charge in [0.05, 0.1) is 25.8 Å². The van der Waals surface area contributed by atoms with Gasteiger partial charge in [0.15, 0.2) is 6.61 Å². The molecule has 0 aliphatic rings. The minimum Gasteiger partial charge on any atom is -0.497 e. The number of anilines is 1. The molecule has 0 bridgehead atoms. The van der Waals surface area contributed by atoms with Gasteiger partial charge in [-0.15, -0.1) is 0 Å². The minimum atomic E-state index is -0.448. The van der Waals surface area contributed by atoms with Gasteiger partial charge in [-0.1, -0.05) is 50.6 Å². The number of carbonyl (C=O) groups is 2. The lowest BCUT2D eigenvalue weighted by Gasteiger charge is -2.21. The van der Waals surface area contributed by atoms with E-state index in [4.69, 9.17) is 14.2 Å². The summed E-state index contributed by atoms with van der Waals surface area (Å²) in [6, 6.07) is 14.5. The number of carbonyl (C=O) groups excluding carboxylic acids is 2. The summed E-state index contributed by atoms with van der Waals surface area (Å²) in [6.07, 6.45) is 0.821. The first-order valence-electron chi connectivity index (χ1n) is 9.23. The molecule has 0 saturated heterocycles. The number of amides is 1. The first-order valence-corrected chi connectivity index (χ1v) is 9.23. The van der Waals surface area contributed by atoms with Crippen molar-refractivity contribution in [1.29, 1.82) is 0 Å². The van der Waals surface area contributed by atoms with Gasteiger partial charge in [-0.2, -0.15) is 0 Å². The largest absolute Gasteiger partial charge is 0.497 e. The highest BCUT2D eigenvalue weighted by molar-refractivity contribution is 5.94. The van der Waals surface area contributed by atoms with Gasteiger partial charge in [0.25, 0.3) is 5.91 Å². The van der Waals surface area contributed by atoms with E-state index in [1.165, 1.54) is 14.2 Å². The number of methoxy groups -OCH3 is 2. The summed E-state index contributed by atoms with van der Waals surface area (Å²) in [4.78, 5) is 25.0. The van der Waals surface area contributed by atoms with Crippen LogP contribution in [-0.4, -0.2) is 32.7 Å². The smallest absolute Gasteiger partial charge is 0.314 e. The molecule has 28 heavy (non-hydrogen) atoms. The highest BCUT2D eigenvalue weighted by Crippen LogP contribution is 2.30. The van der Waals surface area contributed by atoms with E-state index in [-0.39, 0.29) is 12.5 Å². The third kappa shape index (κ3) is 5.49. The zero-order valence-corrected chi connectivity index (χ0v) is 16.7. The van der Waals surface area contributed by atoms with Crippen molar-refractivity contribution in [3.63, 3.8) is 0 Å². The van der Waals surface area contributed by atoms with Gasteiger partial charge in [0.2, 0.25) is 0 Å². The maximum absolute atomic E-state index is 12.7. The Morgan fingerprint density at radius 3 is 2.36 bits per heavy atom. The Balaban J connectivity index is 2.04. The zero-order valence-electron chi connectivity index (χ0n) is 16.7. The van der Waals surface area contributed by atoms with Crippen molar-refractivity contribution in [2.75, 3.05) is 26.1 Å². The Bertz CT molecular complexity index is 791. The van der Waals surface area contributed by atoms with E-state index in [0.717, 1.165) is 12.0 Å². The summed E-state index contributed by atoms with van der Waals surface area (Å²) in [5, 5.41) is 2.69. The van der Waals surface area contributed by atoms with Crippen molar-refractivity contribution in [3.05, 3.63) is 54.1 Å². The van der Waals surface area contributed by atoms with Crippen molar-refractivity contribution >= 4 is 17.6 Å². The molecule has 6 heteroatoms. The second-order valence-corrected chi connectivity index (χ2v) is 6.50. The monoisotopic (exact) mass is 385 g/mol. The molecule has 0 fully saturated rings. The number of nitrogens with one attached hydrogen (secondary N) is 1. The van der Waals surface area contributed by atoms with Gasteiger partial charge >= 0.3 is 5.97 Å². The maximum atomic E-state index is 12.7. The molecule has 1 N–H and O–H groups in total. The molecule has 0 unspecified atom stereocenters. The van der Waals surface area contributed by atoms with Crippen LogP contribution in [0.4, 0.5) is 5.69 Å². The van der Waals surface area contributed by atoms with Gasteiger partial charge in [-0.3, -0.25) is 9.59 Å². The molecule has 2 aromatic carbocycles. The SMILES string of the molecule is CC[C@@H](C)[C@@H](C(=O)OCC(=O)Nc1cc(OC)ccc1OC)c1ccccc1. The number of hydrogen-bond donors (Lipinski definition) is 1. The summed E-state index contributed by atoms with van der Waals surface area (Å²) in [7, 11) is 3.04. The summed E-state index contributed by atoms with van der Waals surface area (Å²) < 4.78 is 15.7. The standard InChI is InChI=1S/C22H27NO5/c1-5-15(2)21(16-9-7-6-8-10-16)22(25)28-14-20(24)23-18-13-17(26-3)11-12-19(18)27-4/h6-13,15,21H,5,14H2,1-4H3,(H,23,24)/t15-,21-/m1/s1. The fourth-order valence-corrected chi connectivity index (χ4v) is 2.92. The van der Waals surface area contributed by atoms with E-state index in [1.807, 2.05) is 44.2 Å². The normalized spacial score (nSPS) is 12.6. The molecule has 0 aromatic heterocycles. The molecule has 2 atom stereocenters. The van der Waals surface area contributed by atoms with Crippen molar-refractivity contribution in [1.82, 2.24) is 0 Å². The van der Waals surface area contributed by atoms with E-state index in [2.05, 4.69) is 5.32 Å². The Hall–Kier alpha value is -3.02. The van der Waals surface area contributed by atoms with E-state index in [1.54, 1.807) is 18.2 Å². The summed E-state index contributed by atoms with van der Waals surface area (Å²) in [6.45, 7) is 3.65. The predicted molar refractivity (Wildman–Crippen MR) is 108 cm³/mol. The van der Waals surface area contributed by atoms with Gasteiger partial charge in [-0.05, 0) is 23.6 Å². The van der Waals surface area contributed by atoms with Crippen LogP contribution >= 0.6 is 0 Å². The quantitative estimate of drug-likeness (QED) is 0.660. The van der Waals surface area contributed by atoms with E-state index >= 15 is 0 Å². The summed E-state index contributed by atoms with van der Waals surface area (Å²) in [5.41, 5.74) is 1.33. The molecular weight excluding hydrogens is 358 g/mol. The number of ether oxygens (including phenoxy) is 3. The van der Waals surface area contributed by atoms with E-state index in [9.17, 15) is 9.59 Å². The van der Waals surface area contributed by atoms with E-state index in [0.29, 0.717) is 17.2 Å². The van der Waals surface area contributed by atoms with Crippen LogP contribution in [0.2, 0.25) is 0 Å². The van der Waals surface area contributed by atoms with E-state index < -0.39 is 17.8 Å². The first kappa shape index (κ1) is 21.3. The second kappa shape index (κ2) is 10.3. The van der Waals surface area contributed by atoms with Crippen LogP contribution in [0.3, 0.4) is 0 Å². The van der Waals surface area contributed by atoms with Gasteiger partial charge in [0.1, 0.15) is 11.5 Å². The van der Waals surface area contributed by atoms with Crippen LogP contribution < -0.4 is 14.8 Å². The van der Waals surface area contributed by atoms with Gasteiger partial charge in [0, 0.05) is 6.07 Å². The van der Waals surface area contributed by atoms with Crippen LogP contribution in [0.25, 0.3) is 0 Å². The fraction of sp³-hybridized carbons (Fsp3) is 0.364. The molecule has 0 aliphatic heterocycles. The van der Waals surface area contributed by atoms with Crippen LogP contribution in [-0.2, 0) is 14.3 Å². The molecule has 0 spiro atoms. The Morgan fingerprint density at radius 2 is 1.75 bits per heavy atom. The van der Waals surface area contributed by atoms with Crippen LogP contribution in [0.15, 0.2) is 48.5 Å². The number of hydrogen-bond acceptors (Lipinski definition) is 5. The molecule has 0 heterocycles. The maximum Gasteiger partial charge on any atom is 0.314 e. The zero-order chi connectivity index (χ0) is 20.5. The lowest BCUT2D eigenvalue weighted by molar-refractivity contribution is -0.150. The number of esters is 1. The molecule has 150 valence electrons. The molecule has 6 nitrogen and oxygen atoms in total. The van der Waals surface area contributed by atoms with Crippen LogP contribution in [0, 0.1) is 5.92 Å².